The van der Waals surface area contributed by atoms with E-state index in [1.165, 1.54) is 11.2 Å². The molecule has 0 bridgehead atoms. The Kier molecular flexibility index (Phi) is 5.12. The maximum Gasteiger partial charge on any atom is 0.407 e. The van der Waals surface area contributed by atoms with Gasteiger partial charge in [0.25, 0.3) is 0 Å². The van der Waals surface area contributed by atoms with Crippen LogP contribution in [0.25, 0.3) is 0 Å². The molecule has 1 N–H and O–H groups in total. The Labute approximate surface area is 147 Å². The third-order valence-corrected chi connectivity index (χ3v) is 6.33. The first-order valence-electron chi connectivity index (χ1n) is 8.59. The van der Waals surface area contributed by atoms with Crippen LogP contribution < -0.4 is 4.90 Å². The van der Waals surface area contributed by atoms with Crippen molar-refractivity contribution in [1.29, 1.82) is 0 Å². The van der Waals surface area contributed by atoms with E-state index >= 15 is 0 Å². The van der Waals surface area contributed by atoms with E-state index in [9.17, 15) is 13.2 Å². The number of likely N-dealkylation sites (tertiary alicyclic amines) is 1. The summed E-state index contributed by atoms with van der Waals surface area (Å²) in [5.74, 6) is 1.84. The van der Waals surface area contributed by atoms with Crippen LogP contribution in [-0.4, -0.2) is 66.9 Å². The molecule has 0 aromatic carbocycles. The molecule has 2 fully saturated rings. The monoisotopic (exact) mass is 368 g/mol. The largest absolute Gasteiger partial charge is 0.465 e. The van der Waals surface area contributed by atoms with Gasteiger partial charge in [0.15, 0.2) is 14.9 Å². The number of hydrogen-bond donors (Lipinski definition) is 1. The van der Waals surface area contributed by atoms with Gasteiger partial charge in [-0.05, 0) is 37.5 Å². The van der Waals surface area contributed by atoms with Crippen LogP contribution in [0.5, 0.6) is 0 Å². The average Bonchev–Trinajstić information content (AvgIpc) is 2.61. The van der Waals surface area contributed by atoms with E-state index in [0.717, 1.165) is 45.0 Å². The van der Waals surface area contributed by atoms with Gasteiger partial charge in [0.1, 0.15) is 12.1 Å². The number of amides is 1. The Morgan fingerprint density at radius 2 is 1.64 bits per heavy atom. The lowest BCUT2D eigenvalue weighted by atomic mass is 9.79. The average molecular weight is 368 g/mol. The Hall–Kier alpha value is -1.90. The second kappa shape index (κ2) is 7.15. The maximum atomic E-state index is 11.6. The van der Waals surface area contributed by atoms with Crippen molar-refractivity contribution < 1.29 is 18.3 Å². The number of carboxylic acid groups (broad SMARTS) is 1. The van der Waals surface area contributed by atoms with Crippen LogP contribution in [0.2, 0.25) is 0 Å². The molecule has 1 aromatic heterocycles. The van der Waals surface area contributed by atoms with Crippen molar-refractivity contribution in [3.63, 3.8) is 0 Å². The predicted octanol–water partition coefficient (Wildman–Crippen LogP) is 1.49. The van der Waals surface area contributed by atoms with Gasteiger partial charge in [-0.3, -0.25) is 0 Å². The first-order chi connectivity index (χ1) is 11.8. The van der Waals surface area contributed by atoms with Gasteiger partial charge in [0.2, 0.25) is 0 Å². The molecule has 25 heavy (non-hydrogen) atoms. The highest BCUT2D eigenvalue weighted by atomic mass is 32.2. The SMILES string of the molecule is CS(=O)(=O)c1cc(N2CCC(C3CCN(C(=O)O)CC3)CC2)ncn1. The minimum atomic E-state index is -3.33. The number of piperidine rings is 2. The first kappa shape index (κ1) is 17.9. The zero-order chi connectivity index (χ0) is 18.0. The summed E-state index contributed by atoms with van der Waals surface area (Å²) in [6.45, 7) is 2.93. The topological polar surface area (TPSA) is 104 Å². The van der Waals surface area contributed by atoms with E-state index in [4.69, 9.17) is 5.11 Å². The summed E-state index contributed by atoms with van der Waals surface area (Å²) in [4.78, 5) is 22.7. The summed E-state index contributed by atoms with van der Waals surface area (Å²) in [6, 6.07) is 1.54. The van der Waals surface area contributed by atoms with Gasteiger partial charge in [-0.15, -0.1) is 0 Å². The van der Waals surface area contributed by atoms with Crippen molar-refractivity contribution in [3.8, 4) is 0 Å². The molecule has 9 heteroatoms. The van der Waals surface area contributed by atoms with Crippen LogP contribution in [0.4, 0.5) is 10.6 Å². The molecule has 0 atom stereocenters. The van der Waals surface area contributed by atoms with E-state index in [1.807, 2.05) is 0 Å². The smallest absolute Gasteiger partial charge is 0.407 e. The van der Waals surface area contributed by atoms with Gasteiger partial charge in [0.05, 0.1) is 0 Å². The third kappa shape index (κ3) is 4.20. The molecule has 2 aliphatic rings. The van der Waals surface area contributed by atoms with Gasteiger partial charge in [-0.1, -0.05) is 0 Å². The summed E-state index contributed by atoms with van der Waals surface area (Å²) in [6.07, 6.45) is 5.55. The number of nitrogens with zero attached hydrogens (tertiary/aromatic N) is 4. The summed E-state index contributed by atoms with van der Waals surface area (Å²) >= 11 is 0. The molecular weight excluding hydrogens is 344 g/mol. The van der Waals surface area contributed by atoms with Crippen molar-refractivity contribution in [1.82, 2.24) is 14.9 Å². The molecule has 0 aliphatic carbocycles. The second-order valence-electron chi connectivity index (χ2n) is 6.92. The van der Waals surface area contributed by atoms with Gasteiger partial charge in [-0.25, -0.2) is 23.2 Å². The number of hydrogen-bond acceptors (Lipinski definition) is 6. The van der Waals surface area contributed by atoms with Gasteiger partial charge < -0.3 is 14.9 Å². The number of sulfone groups is 1. The summed E-state index contributed by atoms with van der Waals surface area (Å²) in [5, 5.41) is 9.10. The predicted molar refractivity (Wildman–Crippen MR) is 92.4 cm³/mol. The molecule has 2 aliphatic heterocycles. The van der Waals surface area contributed by atoms with E-state index in [1.54, 1.807) is 6.07 Å². The minimum absolute atomic E-state index is 0.0562. The molecule has 0 unspecified atom stereocenters. The standard InChI is InChI=1S/C16H24N4O4S/c1-25(23,24)15-10-14(17-11-18-15)19-6-2-12(3-7-19)13-4-8-20(9-5-13)16(21)22/h10-13H,2-9H2,1H3,(H,21,22). The van der Waals surface area contributed by atoms with Crippen LogP contribution in [0.1, 0.15) is 25.7 Å². The molecule has 3 rings (SSSR count). The number of anilines is 1. The minimum Gasteiger partial charge on any atom is -0.465 e. The van der Waals surface area contributed by atoms with Gasteiger partial charge in [-0.2, -0.15) is 0 Å². The molecular formula is C16H24N4O4S. The molecule has 0 spiro atoms. The highest BCUT2D eigenvalue weighted by molar-refractivity contribution is 7.90. The van der Waals surface area contributed by atoms with Crippen molar-refractivity contribution in [2.45, 2.75) is 30.7 Å². The van der Waals surface area contributed by atoms with Crippen LogP contribution in [0, 0.1) is 11.8 Å². The van der Waals surface area contributed by atoms with E-state index in [2.05, 4.69) is 14.9 Å². The summed E-state index contributed by atoms with van der Waals surface area (Å²) < 4.78 is 23.3. The van der Waals surface area contributed by atoms with E-state index in [-0.39, 0.29) is 5.03 Å². The highest BCUT2D eigenvalue weighted by Gasteiger charge is 2.31. The van der Waals surface area contributed by atoms with Crippen LogP contribution >= 0.6 is 0 Å². The Morgan fingerprint density at radius 3 is 2.16 bits per heavy atom. The molecule has 0 radical (unpaired) electrons. The van der Waals surface area contributed by atoms with Crippen LogP contribution in [0.3, 0.4) is 0 Å². The van der Waals surface area contributed by atoms with Crippen molar-refractivity contribution >= 4 is 21.7 Å². The zero-order valence-corrected chi connectivity index (χ0v) is 15.2. The maximum absolute atomic E-state index is 11.6. The molecule has 138 valence electrons. The normalized spacial score (nSPS) is 20.7. The van der Waals surface area contributed by atoms with E-state index < -0.39 is 15.9 Å². The highest BCUT2D eigenvalue weighted by Crippen LogP contribution is 2.33. The van der Waals surface area contributed by atoms with Crippen LogP contribution in [0.15, 0.2) is 17.4 Å². The van der Waals surface area contributed by atoms with Crippen molar-refractivity contribution in [2.75, 3.05) is 37.3 Å². The number of carbonyl (C=O) groups is 1. The van der Waals surface area contributed by atoms with Crippen molar-refractivity contribution in [3.05, 3.63) is 12.4 Å². The molecule has 1 amide bonds. The number of aromatic nitrogens is 2. The molecule has 0 saturated carbocycles. The fourth-order valence-electron chi connectivity index (χ4n) is 3.87. The lowest BCUT2D eigenvalue weighted by molar-refractivity contribution is 0.107. The molecule has 8 nitrogen and oxygen atoms in total. The zero-order valence-electron chi connectivity index (χ0n) is 14.3. The van der Waals surface area contributed by atoms with Crippen LogP contribution in [-0.2, 0) is 9.84 Å². The van der Waals surface area contributed by atoms with E-state index in [0.29, 0.717) is 30.7 Å². The lowest BCUT2D eigenvalue weighted by Gasteiger charge is -2.39. The fraction of sp³-hybridized carbons (Fsp3) is 0.688. The quantitative estimate of drug-likeness (QED) is 0.806. The summed E-state index contributed by atoms with van der Waals surface area (Å²) in [5.41, 5.74) is 0. The van der Waals surface area contributed by atoms with Gasteiger partial charge >= 0.3 is 6.09 Å². The van der Waals surface area contributed by atoms with Gasteiger partial charge in [0, 0.05) is 38.5 Å². The second-order valence-corrected chi connectivity index (χ2v) is 8.88. The van der Waals surface area contributed by atoms with Crippen molar-refractivity contribution in [2.24, 2.45) is 11.8 Å². The Balaban J connectivity index is 1.57. The fourth-order valence-corrected chi connectivity index (χ4v) is 4.43. The first-order valence-corrected chi connectivity index (χ1v) is 10.5. The molecule has 2 saturated heterocycles. The molecule has 3 heterocycles. The third-order valence-electron chi connectivity index (χ3n) is 5.35. The Bertz CT molecular complexity index is 723. The summed E-state index contributed by atoms with van der Waals surface area (Å²) in [7, 11) is -3.33. The Morgan fingerprint density at radius 1 is 1.08 bits per heavy atom. The molecule has 1 aromatic rings. The lowest BCUT2D eigenvalue weighted by Crippen LogP contribution is -2.42. The number of rotatable bonds is 3.